The normalized spacial score (nSPS) is 14.5. The molecule has 3 rings (SSSR count). The summed E-state index contributed by atoms with van der Waals surface area (Å²) in [5.74, 6) is -4.78. The van der Waals surface area contributed by atoms with Crippen LogP contribution in [-0.2, 0) is 4.79 Å². The van der Waals surface area contributed by atoms with E-state index in [1.54, 1.807) is 17.0 Å². The monoisotopic (exact) mass is 367 g/mol. The van der Waals surface area contributed by atoms with Gasteiger partial charge in [-0.05, 0) is 36.4 Å². The quantitative estimate of drug-likeness (QED) is 0.667. The second-order valence-electron chi connectivity index (χ2n) is 5.92. The molecule has 0 bridgehead atoms. The first kappa shape index (κ1) is 18.0. The van der Waals surface area contributed by atoms with Crippen molar-refractivity contribution in [1.82, 2.24) is 4.90 Å². The van der Waals surface area contributed by atoms with Gasteiger partial charge in [-0.1, -0.05) is 0 Å². The third-order valence-corrected chi connectivity index (χ3v) is 4.29. The number of rotatable bonds is 4. The van der Waals surface area contributed by atoms with Gasteiger partial charge in [0.2, 0.25) is 5.91 Å². The zero-order chi connectivity index (χ0) is 18.7. The summed E-state index contributed by atoms with van der Waals surface area (Å²) >= 11 is 0. The lowest BCUT2D eigenvalue weighted by atomic mass is 10.2. The summed E-state index contributed by atoms with van der Waals surface area (Å²) in [4.78, 5) is 15.9. The number of hydrogen-bond donors (Lipinski definition) is 1. The third-order valence-electron chi connectivity index (χ3n) is 4.29. The Morgan fingerprint density at radius 2 is 1.54 bits per heavy atom. The topological polar surface area (TPSA) is 35.6 Å². The second-order valence-corrected chi connectivity index (χ2v) is 5.92. The van der Waals surface area contributed by atoms with Gasteiger partial charge in [0.25, 0.3) is 0 Å². The van der Waals surface area contributed by atoms with Crippen LogP contribution in [0.5, 0.6) is 0 Å². The summed E-state index contributed by atoms with van der Waals surface area (Å²) in [5.41, 5.74) is 0.614. The van der Waals surface area contributed by atoms with Gasteiger partial charge < -0.3 is 15.1 Å². The van der Waals surface area contributed by atoms with E-state index in [2.05, 4.69) is 5.32 Å². The molecule has 0 spiro atoms. The van der Waals surface area contributed by atoms with E-state index < -0.39 is 17.5 Å². The molecule has 1 fully saturated rings. The van der Waals surface area contributed by atoms with E-state index in [0.29, 0.717) is 26.2 Å². The molecule has 0 saturated carbocycles. The van der Waals surface area contributed by atoms with Crippen LogP contribution >= 0.6 is 0 Å². The lowest BCUT2D eigenvalue weighted by molar-refractivity contribution is -0.129. The number of nitrogens with one attached hydrogen (secondary N) is 1. The first-order valence-corrected chi connectivity index (χ1v) is 8.11. The van der Waals surface area contributed by atoms with E-state index in [0.717, 1.165) is 17.8 Å². The molecule has 0 atom stereocenters. The van der Waals surface area contributed by atoms with Gasteiger partial charge in [-0.2, -0.15) is 0 Å². The van der Waals surface area contributed by atoms with Crippen LogP contribution in [0.2, 0.25) is 0 Å². The molecule has 138 valence electrons. The molecule has 4 nitrogen and oxygen atoms in total. The van der Waals surface area contributed by atoms with Crippen LogP contribution in [-0.4, -0.2) is 43.5 Å². The van der Waals surface area contributed by atoms with Gasteiger partial charge in [0, 0.05) is 31.9 Å². The fourth-order valence-corrected chi connectivity index (χ4v) is 2.81. The Labute approximate surface area is 148 Å². The number of piperazine rings is 1. The fourth-order valence-electron chi connectivity index (χ4n) is 2.81. The molecular weight excluding hydrogens is 350 g/mol. The highest BCUT2D eigenvalue weighted by atomic mass is 19.2. The van der Waals surface area contributed by atoms with Crippen LogP contribution in [0, 0.1) is 23.3 Å². The summed E-state index contributed by atoms with van der Waals surface area (Å²) in [7, 11) is 0. The minimum absolute atomic E-state index is 0.224. The number of carbonyl (C=O) groups is 1. The zero-order valence-electron chi connectivity index (χ0n) is 13.8. The Bertz CT molecular complexity index is 790. The number of hydrogen-bond acceptors (Lipinski definition) is 3. The largest absolute Gasteiger partial charge is 0.374 e. The van der Waals surface area contributed by atoms with Gasteiger partial charge in [-0.25, -0.2) is 17.6 Å². The molecule has 1 heterocycles. The average molecular weight is 367 g/mol. The lowest BCUT2D eigenvalue weighted by Gasteiger charge is -2.36. The molecule has 1 amide bonds. The maximum atomic E-state index is 13.6. The zero-order valence-corrected chi connectivity index (χ0v) is 13.8. The molecule has 0 radical (unpaired) electrons. The number of halogens is 4. The van der Waals surface area contributed by atoms with Gasteiger partial charge >= 0.3 is 0 Å². The van der Waals surface area contributed by atoms with E-state index in [4.69, 9.17) is 0 Å². The maximum absolute atomic E-state index is 13.6. The predicted molar refractivity (Wildman–Crippen MR) is 90.0 cm³/mol. The van der Waals surface area contributed by atoms with Crippen LogP contribution in [0.1, 0.15) is 0 Å². The van der Waals surface area contributed by atoms with Gasteiger partial charge in [0.05, 0.1) is 12.2 Å². The SMILES string of the molecule is O=C(CNc1ccc(F)c(F)c1F)N1CCN(c2ccc(F)cc2)CC1. The van der Waals surface area contributed by atoms with Crippen molar-refractivity contribution in [3.8, 4) is 0 Å². The lowest BCUT2D eigenvalue weighted by Crippen LogP contribution is -2.50. The van der Waals surface area contributed by atoms with Crippen molar-refractivity contribution in [2.24, 2.45) is 0 Å². The second kappa shape index (κ2) is 7.63. The Morgan fingerprint density at radius 3 is 2.19 bits per heavy atom. The van der Waals surface area contributed by atoms with Gasteiger partial charge in [0.15, 0.2) is 17.5 Å². The average Bonchev–Trinajstić information content (AvgIpc) is 2.66. The Balaban J connectivity index is 1.52. The molecule has 2 aromatic rings. The predicted octanol–water partition coefficient (Wildman–Crippen LogP) is 3.00. The van der Waals surface area contributed by atoms with Gasteiger partial charge in [-0.3, -0.25) is 4.79 Å². The minimum Gasteiger partial charge on any atom is -0.374 e. The molecule has 0 unspecified atom stereocenters. The summed E-state index contributed by atoms with van der Waals surface area (Å²) in [6.45, 7) is 1.85. The summed E-state index contributed by atoms with van der Waals surface area (Å²) in [6.07, 6.45) is 0. The van der Waals surface area contributed by atoms with Gasteiger partial charge in [0.1, 0.15) is 5.82 Å². The first-order chi connectivity index (χ1) is 12.5. The highest BCUT2D eigenvalue weighted by Crippen LogP contribution is 2.20. The molecule has 8 heteroatoms. The number of nitrogens with zero attached hydrogens (tertiary/aromatic N) is 2. The van der Waals surface area contributed by atoms with Crippen molar-refractivity contribution in [2.75, 3.05) is 42.9 Å². The van der Waals surface area contributed by atoms with Crippen molar-refractivity contribution in [2.45, 2.75) is 0 Å². The van der Waals surface area contributed by atoms with Crippen molar-refractivity contribution in [3.05, 3.63) is 59.7 Å². The molecule has 1 aliphatic rings. The number of amides is 1. The van der Waals surface area contributed by atoms with Crippen LogP contribution < -0.4 is 10.2 Å². The number of anilines is 2. The van der Waals surface area contributed by atoms with Crippen molar-refractivity contribution >= 4 is 17.3 Å². The highest BCUT2D eigenvalue weighted by Gasteiger charge is 2.22. The Kier molecular flexibility index (Phi) is 5.29. The standard InChI is InChI=1S/C18H17F4N3O/c19-12-1-3-13(4-2-12)24-7-9-25(10-8-24)16(26)11-23-15-6-5-14(20)17(21)18(15)22/h1-6,23H,7-11H2. The van der Waals surface area contributed by atoms with Crippen LogP contribution in [0.25, 0.3) is 0 Å². The number of benzene rings is 2. The molecule has 0 aliphatic carbocycles. The first-order valence-electron chi connectivity index (χ1n) is 8.11. The maximum Gasteiger partial charge on any atom is 0.241 e. The summed E-state index contributed by atoms with van der Waals surface area (Å²) in [5, 5.41) is 2.50. The molecule has 1 aliphatic heterocycles. The Morgan fingerprint density at radius 1 is 0.885 bits per heavy atom. The smallest absolute Gasteiger partial charge is 0.241 e. The van der Waals surface area contributed by atoms with E-state index in [1.807, 2.05) is 4.90 Å². The van der Waals surface area contributed by atoms with Gasteiger partial charge in [-0.15, -0.1) is 0 Å². The van der Waals surface area contributed by atoms with Crippen LogP contribution in [0.4, 0.5) is 28.9 Å². The molecule has 2 aromatic carbocycles. The molecule has 1 saturated heterocycles. The Hall–Kier alpha value is -2.77. The molecular formula is C18H17F4N3O. The highest BCUT2D eigenvalue weighted by molar-refractivity contribution is 5.81. The third kappa shape index (κ3) is 3.89. The number of carbonyl (C=O) groups excluding carboxylic acids is 1. The summed E-state index contributed by atoms with van der Waals surface area (Å²) in [6, 6.07) is 7.97. The molecule has 0 aromatic heterocycles. The van der Waals surface area contributed by atoms with Crippen molar-refractivity contribution in [3.63, 3.8) is 0 Å². The van der Waals surface area contributed by atoms with E-state index >= 15 is 0 Å². The van der Waals surface area contributed by atoms with E-state index in [9.17, 15) is 22.4 Å². The van der Waals surface area contributed by atoms with Crippen LogP contribution in [0.15, 0.2) is 36.4 Å². The van der Waals surface area contributed by atoms with Crippen molar-refractivity contribution < 1.29 is 22.4 Å². The van der Waals surface area contributed by atoms with Crippen LogP contribution in [0.3, 0.4) is 0 Å². The minimum atomic E-state index is -1.57. The summed E-state index contributed by atoms with van der Waals surface area (Å²) < 4.78 is 52.6. The molecule has 1 N–H and O–H groups in total. The van der Waals surface area contributed by atoms with Crippen molar-refractivity contribution in [1.29, 1.82) is 0 Å². The fraction of sp³-hybridized carbons (Fsp3) is 0.278. The van der Waals surface area contributed by atoms with E-state index in [1.165, 1.54) is 12.1 Å². The van der Waals surface area contributed by atoms with E-state index in [-0.39, 0.29) is 24.0 Å². The molecule has 26 heavy (non-hydrogen) atoms.